The van der Waals surface area contributed by atoms with Crippen LogP contribution < -0.4 is 9.47 Å². The average molecular weight is 391 g/mol. The number of fused-ring (bicyclic) bond motifs is 1. The van der Waals surface area contributed by atoms with E-state index in [2.05, 4.69) is 5.10 Å². The van der Waals surface area contributed by atoms with Crippen molar-refractivity contribution < 1.29 is 14.3 Å². The van der Waals surface area contributed by atoms with Crippen LogP contribution in [0.15, 0.2) is 42.5 Å². The molecule has 29 heavy (non-hydrogen) atoms. The molecule has 1 aliphatic rings. The first kappa shape index (κ1) is 19.1. The van der Waals surface area contributed by atoms with Crippen molar-refractivity contribution in [2.24, 2.45) is 0 Å². The van der Waals surface area contributed by atoms with E-state index >= 15 is 0 Å². The third kappa shape index (κ3) is 3.35. The standard InChI is InChI=1S/C23H25N3O3/c1-15-22(16(2)26(24-15)19-8-6-5-7-9-19)23(27)25-11-10-17-12-20(28-3)21(29-4)13-18(17)14-25/h5-9,12-13H,10-11,14H2,1-4H3. The first-order valence-electron chi connectivity index (χ1n) is 9.68. The summed E-state index contributed by atoms with van der Waals surface area (Å²) in [6.07, 6.45) is 0.784. The minimum absolute atomic E-state index is 0.0163. The van der Waals surface area contributed by atoms with Crippen LogP contribution in [0, 0.1) is 13.8 Å². The van der Waals surface area contributed by atoms with Crippen LogP contribution in [-0.2, 0) is 13.0 Å². The first-order valence-corrected chi connectivity index (χ1v) is 9.68. The number of ether oxygens (including phenoxy) is 2. The lowest BCUT2D eigenvalue weighted by Gasteiger charge is -2.29. The largest absolute Gasteiger partial charge is 0.493 e. The van der Waals surface area contributed by atoms with Gasteiger partial charge >= 0.3 is 0 Å². The number of carbonyl (C=O) groups is 1. The highest BCUT2D eigenvalue weighted by atomic mass is 16.5. The van der Waals surface area contributed by atoms with Gasteiger partial charge in [-0.15, -0.1) is 0 Å². The van der Waals surface area contributed by atoms with Crippen LogP contribution in [0.1, 0.15) is 32.9 Å². The number of para-hydroxylation sites is 1. The van der Waals surface area contributed by atoms with Crippen LogP contribution in [-0.4, -0.2) is 41.4 Å². The zero-order valence-electron chi connectivity index (χ0n) is 17.2. The molecule has 1 amide bonds. The number of carbonyl (C=O) groups excluding carboxylic acids is 1. The zero-order valence-corrected chi connectivity index (χ0v) is 17.2. The van der Waals surface area contributed by atoms with Gasteiger partial charge in [0.15, 0.2) is 11.5 Å². The van der Waals surface area contributed by atoms with Gasteiger partial charge in [-0.05, 0) is 55.7 Å². The summed E-state index contributed by atoms with van der Waals surface area (Å²) >= 11 is 0. The molecule has 0 radical (unpaired) electrons. The van der Waals surface area contributed by atoms with E-state index < -0.39 is 0 Å². The van der Waals surface area contributed by atoms with Gasteiger partial charge in [-0.1, -0.05) is 18.2 Å². The van der Waals surface area contributed by atoms with E-state index in [9.17, 15) is 4.79 Å². The maximum Gasteiger partial charge on any atom is 0.257 e. The lowest BCUT2D eigenvalue weighted by Crippen LogP contribution is -2.36. The topological polar surface area (TPSA) is 56.6 Å². The molecule has 3 aromatic rings. The highest BCUT2D eigenvalue weighted by Gasteiger charge is 2.28. The molecule has 0 fully saturated rings. The third-order valence-corrected chi connectivity index (χ3v) is 5.51. The molecular formula is C23H25N3O3. The summed E-state index contributed by atoms with van der Waals surface area (Å²) in [6.45, 7) is 5.05. The second-order valence-corrected chi connectivity index (χ2v) is 7.25. The van der Waals surface area contributed by atoms with Crippen molar-refractivity contribution in [2.75, 3.05) is 20.8 Å². The van der Waals surface area contributed by atoms with E-state index in [0.717, 1.165) is 34.8 Å². The molecule has 1 aliphatic heterocycles. The maximum absolute atomic E-state index is 13.4. The van der Waals surface area contributed by atoms with Gasteiger partial charge in [0, 0.05) is 13.1 Å². The molecule has 0 aliphatic carbocycles. The van der Waals surface area contributed by atoms with Crippen LogP contribution in [0.4, 0.5) is 0 Å². The monoisotopic (exact) mass is 391 g/mol. The highest BCUT2D eigenvalue weighted by molar-refractivity contribution is 5.96. The summed E-state index contributed by atoms with van der Waals surface area (Å²) in [6, 6.07) is 13.9. The molecule has 6 heteroatoms. The van der Waals surface area contributed by atoms with Crippen LogP contribution in [0.3, 0.4) is 0 Å². The molecule has 0 atom stereocenters. The van der Waals surface area contributed by atoms with Crippen molar-refractivity contribution in [3.05, 3.63) is 70.5 Å². The number of hydrogen-bond acceptors (Lipinski definition) is 4. The van der Waals surface area contributed by atoms with Crippen molar-refractivity contribution >= 4 is 5.91 Å². The minimum atomic E-state index is 0.0163. The predicted octanol–water partition coefficient (Wildman–Crippen LogP) is 3.70. The Labute approximate surface area is 170 Å². The molecule has 2 aromatic carbocycles. The Morgan fingerprint density at radius 3 is 2.31 bits per heavy atom. The quantitative estimate of drug-likeness (QED) is 0.680. The summed E-state index contributed by atoms with van der Waals surface area (Å²) in [7, 11) is 3.26. The van der Waals surface area contributed by atoms with Gasteiger partial charge in [0.1, 0.15) is 0 Å². The van der Waals surface area contributed by atoms with E-state index in [-0.39, 0.29) is 5.91 Å². The Balaban J connectivity index is 1.64. The van der Waals surface area contributed by atoms with Crippen molar-refractivity contribution in [2.45, 2.75) is 26.8 Å². The molecule has 0 spiro atoms. The molecular weight excluding hydrogens is 366 g/mol. The fourth-order valence-corrected chi connectivity index (χ4v) is 3.99. The van der Waals surface area contributed by atoms with E-state index in [1.54, 1.807) is 14.2 Å². The number of amides is 1. The molecule has 0 N–H and O–H groups in total. The van der Waals surface area contributed by atoms with Crippen LogP contribution >= 0.6 is 0 Å². The Morgan fingerprint density at radius 1 is 1.00 bits per heavy atom. The van der Waals surface area contributed by atoms with Gasteiger partial charge in [-0.2, -0.15) is 5.10 Å². The Hall–Kier alpha value is -3.28. The lowest BCUT2D eigenvalue weighted by atomic mass is 9.98. The normalized spacial score (nSPS) is 13.2. The molecule has 0 saturated heterocycles. The summed E-state index contributed by atoms with van der Waals surface area (Å²) in [5.41, 5.74) is 5.52. The first-order chi connectivity index (χ1) is 14.0. The second kappa shape index (κ2) is 7.62. The third-order valence-electron chi connectivity index (χ3n) is 5.51. The number of rotatable bonds is 4. The average Bonchev–Trinajstić information content (AvgIpc) is 3.06. The Kier molecular flexibility index (Phi) is 5.01. The van der Waals surface area contributed by atoms with Crippen molar-refractivity contribution in [1.82, 2.24) is 14.7 Å². The molecule has 6 nitrogen and oxygen atoms in total. The van der Waals surface area contributed by atoms with E-state index in [1.165, 1.54) is 5.56 Å². The van der Waals surface area contributed by atoms with Gasteiger partial charge in [0.25, 0.3) is 5.91 Å². The molecule has 4 rings (SSSR count). The van der Waals surface area contributed by atoms with Gasteiger partial charge in [0.05, 0.1) is 36.9 Å². The second-order valence-electron chi connectivity index (χ2n) is 7.25. The van der Waals surface area contributed by atoms with Crippen LogP contribution in [0.25, 0.3) is 5.69 Å². The molecule has 1 aromatic heterocycles. The van der Waals surface area contributed by atoms with Gasteiger partial charge in [-0.3, -0.25) is 4.79 Å². The maximum atomic E-state index is 13.4. The van der Waals surface area contributed by atoms with Crippen molar-refractivity contribution in [3.63, 3.8) is 0 Å². The summed E-state index contributed by atoms with van der Waals surface area (Å²) in [5, 5.41) is 4.62. The van der Waals surface area contributed by atoms with E-state index in [1.807, 2.05) is 65.9 Å². The van der Waals surface area contributed by atoms with Crippen LogP contribution in [0.5, 0.6) is 11.5 Å². The van der Waals surface area contributed by atoms with Gasteiger partial charge < -0.3 is 14.4 Å². The lowest BCUT2D eigenvalue weighted by molar-refractivity contribution is 0.0733. The molecule has 150 valence electrons. The van der Waals surface area contributed by atoms with E-state index in [0.29, 0.717) is 24.4 Å². The Morgan fingerprint density at radius 2 is 1.66 bits per heavy atom. The number of aromatic nitrogens is 2. The number of benzene rings is 2. The fourth-order valence-electron chi connectivity index (χ4n) is 3.99. The number of aryl methyl sites for hydroxylation is 1. The summed E-state index contributed by atoms with van der Waals surface area (Å²) in [4.78, 5) is 15.3. The molecule has 0 saturated carbocycles. The summed E-state index contributed by atoms with van der Waals surface area (Å²) in [5.74, 6) is 1.43. The number of nitrogens with zero attached hydrogens (tertiary/aromatic N) is 3. The zero-order chi connectivity index (χ0) is 20.5. The molecule has 0 bridgehead atoms. The van der Waals surface area contributed by atoms with Crippen molar-refractivity contribution in [3.8, 4) is 17.2 Å². The highest BCUT2D eigenvalue weighted by Crippen LogP contribution is 2.34. The van der Waals surface area contributed by atoms with Crippen LogP contribution in [0.2, 0.25) is 0 Å². The molecule has 0 unspecified atom stereocenters. The van der Waals surface area contributed by atoms with Gasteiger partial charge in [0.2, 0.25) is 0 Å². The fraction of sp³-hybridized carbons (Fsp3) is 0.304. The predicted molar refractivity (Wildman–Crippen MR) is 111 cm³/mol. The minimum Gasteiger partial charge on any atom is -0.493 e. The smallest absolute Gasteiger partial charge is 0.257 e. The SMILES string of the molecule is COc1cc2c(cc1OC)CN(C(=O)c1c(C)nn(-c3ccccc3)c1C)CC2. The van der Waals surface area contributed by atoms with E-state index in [4.69, 9.17) is 9.47 Å². The molecule has 2 heterocycles. The van der Waals surface area contributed by atoms with Crippen molar-refractivity contribution in [1.29, 1.82) is 0 Å². The van der Waals surface area contributed by atoms with Gasteiger partial charge in [-0.25, -0.2) is 4.68 Å². The number of methoxy groups -OCH3 is 2. The Bertz CT molecular complexity index is 1060. The summed E-state index contributed by atoms with van der Waals surface area (Å²) < 4.78 is 12.7. The number of hydrogen-bond donors (Lipinski definition) is 0.